The van der Waals surface area contributed by atoms with Crippen LogP contribution in [0.25, 0.3) is 0 Å². The van der Waals surface area contributed by atoms with Crippen molar-refractivity contribution in [3.63, 3.8) is 0 Å². The lowest BCUT2D eigenvalue weighted by atomic mass is 9.93. The zero-order chi connectivity index (χ0) is 28.4. The molecule has 4 unspecified atom stereocenters. The van der Waals surface area contributed by atoms with Crippen LogP contribution in [0.15, 0.2) is 103 Å². The van der Waals surface area contributed by atoms with Crippen LogP contribution in [-0.2, 0) is 27.2 Å². The van der Waals surface area contributed by atoms with E-state index >= 15 is 0 Å². The van der Waals surface area contributed by atoms with Gasteiger partial charge in [-0.15, -0.1) is 0 Å². The molecule has 41 heavy (non-hydrogen) atoms. The molecule has 4 aromatic carbocycles. The molecule has 0 amide bonds. The fourth-order valence-electron chi connectivity index (χ4n) is 5.15. The van der Waals surface area contributed by atoms with E-state index in [-0.39, 0.29) is 24.9 Å². The van der Waals surface area contributed by atoms with E-state index in [4.69, 9.17) is 30.5 Å². The molecule has 5 nitrogen and oxygen atoms in total. The molecule has 0 radical (unpaired) electrons. The SMILES string of the molecule is CCOc1ccc(Cc2cc(C3CC(OCc4ccccc4)CC(COC(O)c4ccccc4)O3)ccc2Cl)cc1. The molecule has 0 aliphatic carbocycles. The summed E-state index contributed by atoms with van der Waals surface area (Å²) in [5.74, 6) is 0.860. The Bertz CT molecular complexity index is 1350. The van der Waals surface area contributed by atoms with E-state index in [2.05, 4.69) is 30.3 Å². The second kappa shape index (κ2) is 14.6. The molecule has 1 saturated heterocycles. The maximum atomic E-state index is 10.6. The van der Waals surface area contributed by atoms with Crippen molar-refractivity contribution in [2.24, 2.45) is 0 Å². The fourth-order valence-corrected chi connectivity index (χ4v) is 5.34. The van der Waals surface area contributed by atoms with Crippen molar-refractivity contribution in [1.82, 2.24) is 0 Å². The van der Waals surface area contributed by atoms with Crippen LogP contribution in [0.3, 0.4) is 0 Å². The van der Waals surface area contributed by atoms with Crippen molar-refractivity contribution in [2.45, 2.75) is 57.4 Å². The summed E-state index contributed by atoms with van der Waals surface area (Å²) >= 11 is 6.65. The first-order valence-corrected chi connectivity index (χ1v) is 14.6. The van der Waals surface area contributed by atoms with Gasteiger partial charge in [0.15, 0.2) is 6.29 Å². The average Bonchev–Trinajstić information content (AvgIpc) is 3.02. The number of ether oxygens (including phenoxy) is 4. The third kappa shape index (κ3) is 8.41. The van der Waals surface area contributed by atoms with Crippen LogP contribution >= 0.6 is 11.6 Å². The number of benzene rings is 4. The number of halogens is 1. The van der Waals surface area contributed by atoms with Crippen molar-refractivity contribution < 1.29 is 24.1 Å². The van der Waals surface area contributed by atoms with Gasteiger partial charge >= 0.3 is 0 Å². The van der Waals surface area contributed by atoms with Gasteiger partial charge in [-0.3, -0.25) is 0 Å². The molecule has 0 bridgehead atoms. The maximum absolute atomic E-state index is 10.6. The third-order valence-electron chi connectivity index (χ3n) is 7.28. The van der Waals surface area contributed by atoms with Gasteiger partial charge in [0.05, 0.1) is 38.1 Å². The minimum Gasteiger partial charge on any atom is -0.494 e. The second-order valence-corrected chi connectivity index (χ2v) is 10.7. The fraction of sp³-hybridized carbons (Fsp3) is 0.314. The van der Waals surface area contributed by atoms with E-state index in [9.17, 15) is 5.11 Å². The minimum atomic E-state index is -1.01. The summed E-state index contributed by atoms with van der Waals surface area (Å²) in [6.07, 6.45) is 0.630. The molecule has 1 N–H and O–H groups in total. The first-order valence-electron chi connectivity index (χ1n) is 14.2. The van der Waals surface area contributed by atoms with E-state index < -0.39 is 6.29 Å². The average molecular weight is 573 g/mol. The first-order chi connectivity index (χ1) is 20.1. The predicted molar refractivity (Wildman–Crippen MR) is 161 cm³/mol. The smallest absolute Gasteiger partial charge is 0.181 e. The summed E-state index contributed by atoms with van der Waals surface area (Å²) < 4.78 is 24.4. The molecule has 1 aliphatic rings. The Hall–Kier alpha value is -3.19. The van der Waals surface area contributed by atoms with Gasteiger partial charge in [0, 0.05) is 23.4 Å². The Balaban J connectivity index is 1.30. The summed E-state index contributed by atoms with van der Waals surface area (Å²) in [6.45, 7) is 3.40. The first kappa shape index (κ1) is 29.3. The zero-order valence-corrected chi connectivity index (χ0v) is 24.1. The Labute approximate surface area is 247 Å². The summed E-state index contributed by atoms with van der Waals surface area (Å²) in [5.41, 5.74) is 5.09. The Morgan fingerprint density at radius 1 is 0.878 bits per heavy atom. The van der Waals surface area contributed by atoms with Crippen molar-refractivity contribution in [3.05, 3.63) is 136 Å². The number of aliphatic hydroxyl groups is 1. The molecule has 0 saturated carbocycles. The van der Waals surface area contributed by atoms with Gasteiger partial charge in [0.2, 0.25) is 0 Å². The molecule has 0 spiro atoms. The van der Waals surface area contributed by atoms with Crippen molar-refractivity contribution in [2.75, 3.05) is 13.2 Å². The van der Waals surface area contributed by atoms with Crippen molar-refractivity contribution in [1.29, 1.82) is 0 Å². The monoisotopic (exact) mass is 572 g/mol. The van der Waals surface area contributed by atoms with Gasteiger partial charge < -0.3 is 24.1 Å². The van der Waals surface area contributed by atoms with Gasteiger partial charge in [0.1, 0.15) is 5.75 Å². The van der Waals surface area contributed by atoms with Gasteiger partial charge in [-0.2, -0.15) is 0 Å². The molecular weight excluding hydrogens is 536 g/mol. The molecule has 4 aromatic rings. The van der Waals surface area contributed by atoms with Crippen LogP contribution < -0.4 is 4.74 Å². The molecule has 6 heteroatoms. The van der Waals surface area contributed by atoms with Crippen LogP contribution in [0.5, 0.6) is 5.75 Å². The summed E-state index contributed by atoms with van der Waals surface area (Å²) in [7, 11) is 0. The number of rotatable bonds is 12. The number of hydrogen-bond acceptors (Lipinski definition) is 5. The van der Waals surface area contributed by atoms with Crippen molar-refractivity contribution in [3.8, 4) is 5.75 Å². The molecule has 214 valence electrons. The highest BCUT2D eigenvalue weighted by Gasteiger charge is 2.32. The standard InChI is InChI=1S/C35H37ClO5/c1-2-38-30-16-13-25(14-17-30)19-29-20-28(15-18-33(29)36)34-22-31(39-23-26-9-5-3-6-10-26)21-32(41-34)24-40-35(37)27-11-7-4-8-12-27/h3-18,20,31-32,34-35,37H,2,19,21-24H2,1H3. The van der Waals surface area contributed by atoms with Crippen LogP contribution in [0.4, 0.5) is 0 Å². The normalized spacial score (nSPS) is 19.5. The van der Waals surface area contributed by atoms with E-state index in [1.54, 1.807) is 0 Å². The molecule has 1 aliphatic heterocycles. The maximum Gasteiger partial charge on any atom is 0.181 e. The van der Waals surface area contributed by atoms with E-state index in [0.717, 1.165) is 33.0 Å². The zero-order valence-electron chi connectivity index (χ0n) is 23.3. The number of hydrogen-bond donors (Lipinski definition) is 1. The molecule has 0 aromatic heterocycles. The highest BCUT2D eigenvalue weighted by molar-refractivity contribution is 6.31. The Kier molecular flexibility index (Phi) is 10.5. The molecule has 4 atom stereocenters. The van der Waals surface area contributed by atoms with Gasteiger partial charge in [0.25, 0.3) is 0 Å². The van der Waals surface area contributed by atoms with Crippen LogP contribution in [0, 0.1) is 0 Å². The predicted octanol–water partition coefficient (Wildman–Crippen LogP) is 7.84. The summed E-state index contributed by atoms with van der Waals surface area (Å²) in [6, 6.07) is 33.8. The van der Waals surface area contributed by atoms with Crippen LogP contribution in [0.2, 0.25) is 5.02 Å². The molecular formula is C35H37ClO5. The van der Waals surface area contributed by atoms with Gasteiger partial charge in [-0.25, -0.2) is 0 Å². The topological polar surface area (TPSA) is 57.2 Å². The lowest BCUT2D eigenvalue weighted by molar-refractivity contribution is -0.177. The van der Waals surface area contributed by atoms with Crippen LogP contribution in [-0.4, -0.2) is 30.5 Å². The van der Waals surface area contributed by atoms with E-state index in [1.165, 1.54) is 0 Å². The Morgan fingerprint density at radius 3 is 2.34 bits per heavy atom. The van der Waals surface area contributed by atoms with Gasteiger partial charge in [-0.1, -0.05) is 96.5 Å². The minimum absolute atomic E-state index is 0.0262. The Morgan fingerprint density at radius 2 is 1.61 bits per heavy atom. The van der Waals surface area contributed by atoms with Crippen molar-refractivity contribution >= 4 is 11.6 Å². The van der Waals surface area contributed by atoms with E-state index in [0.29, 0.717) is 38.0 Å². The van der Waals surface area contributed by atoms with E-state index in [1.807, 2.05) is 79.7 Å². The van der Waals surface area contributed by atoms with Gasteiger partial charge in [-0.05, 0) is 53.8 Å². The third-order valence-corrected chi connectivity index (χ3v) is 7.65. The van der Waals surface area contributed by atoms with Crippen LogP contribution in [0.1, 0.15) is 60.0 Å². The number of aliphatic hydroxyl groups excluding tert-OH is 1. The second-order valence-electron chi connectivity index (χ2n) is 10.3. The molecule has 1 fully saturated rings. The summed E-state index contributed by atoms with van der Waals surface area (Å²) in [4.78, 5) is 0. The quantitative estimate of drug-likeness (QED) is 0.175. The summed E-state index contributed by atoms with van der Waals surface area (Å²) in [5, 5.41) is 11.3. The highest BCUT2D eigenvalue weighted by Crippen LogP contribution is 2.36. The highest BCUT2D eigenvalue weighted by atomic mass is 35.5. The molecule has 1 heterocycles. The lowest BCUT2D eigenvalue weighted by Crippen LogP contribution is -2.36. The largest absolute Gasteiger partial charge is 0.494 e. The lowest BCUT2D eigenvalue weighted by Gasteiger charge is -2.36. The molecule has 5 rings (SSSR count).